The number of rotatable bonds is 5. The monoisotopic (exact) mass is 251 g/mol. The summed E-state index contributed by atoms with van der Waals surface area (Å²) in [6.07, 6.45) is 4.83. The van der Waals surface area contributed by atoms with Crippen molar-refractivity contribution in [1.82, 2.24) is 15.0 Å². The predicted molar refractivity (Wildman–Crippen MR) is 67.3 cm³/mol. The summed E-state index contributed by atoms with van der Waals surface area (Å²) in [5.74, 6) is 1.23. The zero-order valence-electron chi connectivity index (χ0n) is 11.2. The minimum atomic E-state index is 0.0538. The van der Waals surface area contributed by atoms with Crippen LogP contribution in [0.4, 0.5) is 0 Å². The summed E-state index contributed by atoms with van der Waals surface area (Å²) in [6, 6.07) is 0.520. The van der Waals surface area contributed by atoms with Crippen LogP contribution in [0.3, 0.4) is 0 Å². The molecule has 100 valence electrons. The van der Waals surface area contributed by atoms with Crippen LogP contribution >= 0.6 is 0 Å². The van der Waals surface area contributed by atoms with E-state index in [0.717, 1.165) is 18.8 Å². The van der Waals surface area contributed by atoms with Gasteiger partial charge in [-0.15, -0.1) is 0 Å². The van der Waals surface area contributed by atoms with Gasteiger partial charge in [0, 0.05) is 12.5 Å². The number of likely N-dealkylation sites (N-methyl/N-ethyl adjacent to an activating group) is 1. The lowest BCUT2D eigenvalue weighted by molar-refractivity contribution is -0.116. The number of carbonyl (C=O) groups is 1. The maximum Gasteiger partial charge on any atom is 0.234 e. The second kappa shape index (κ2) is 6.09. The van der Waals surface area contributed by atoms with Gasteiger partial charge in [0.2, 0.25) is 5.89 Å². The highest BCUT2D eigenvalue weighted by Gasteiger charge is 2.23. The molecule has 0 bridgehead atoms. The van der Waals surface area contributed by atoms with Crippen molar-refractivity contribution in [2.45, 2.75) is 52.0 Å². The predicted octanol–water partition coefficient (Wildman–Crippen LogP) is 1.62. The topological polar surface area (TPSA) is 59.2 Å². The molecule has 0 aliphatic carbocycles. The van der Waals surface area contributed by atoms with Gasteiger partial charge in [0.1, 0.15) is 5.78 Å². The molecule has 18 heavy (non-hydrogen) atoms. The summed E-state index contributed by atoms with van der Waals surface area (Å²) < 4.78 is 5.09. The van der Waals surface area contributed by atoms with E-state index in [9.17, 15) is 4.79 Å². The number of Topliss-reactive ketones (excluding diaryl/α,β-unsaturated/α-hetero) is 1. The molecule has 1 aromatic rings. The molecule has 1 fully saturated rings. The third-order valence-electron chi connectivity index (χ3n) is 3.48. The first kappa shape index (κ1) is 13.2. The third-order valence-corrected chi connectivity index (χ3v) is 3.48. The van der Waals surface area contributed by atoms with E-state index < -0.39 is 0 Å². The molecule has 1 aliphatic rings. The molecular formula is C13H21N3O2. The number of likely N-dealkylation sites (tertiary alicyclic amines) is 1. The summed E-state index contributed by atoms with van der Waals surface area (Å²) in [4.78, 5) is 17.7. The van der Waals surface area contributed by atoms with Crippen molar-refractivity contribution < 1.29 is 9.32 Å². The molecule has 1 saturated heterocycles. The fourth-order valence-electron chi connectivity index (χ4n) is 2.58. The van der Waals surface area contributed by atoms with Crippen molar-refractivity contribution >= 4 is 5.78 Å². The highest BCUT2D eigenvalue weighted by molar-refractivity contribution is 5.77. The normalized spacial score (nSPS) is 21.1. The highest BCUT2D eigenvalue weighted by Crippen LogP contribution is 2.19. The zero-order chi connectivity index (χ0) is 13.0. The van der Waals surface area contributed by atoms with E-state index in [1.54, 1.807) is 0 Å². The molecule has 0 saturated carbocycles. The minimum absolute atomic E-state index is 0.0538. The Bertz CT molecular complexity index is 403. The van der Waals surface area contributed by atoms with Gasteiger partial charge in [-0.1, -0.05) is 18.5 Å². The largest absolute Gasteiger partial charge is 0.339 e. The summed E-state index contributed by atoms with van der Waals surface area (Å²) >= 11 is 0. The standard InChI is InChI=1S/C13H21N3O2/c1-3-16-7-5-4-6-11(16)9-12-14-13(18-15-12)8-10(2)17/h11H,3-9H2,1-2H3. The number of nitrogens with zero attached hydrogens (tertiary/aromatic N) is 3. The van der Waals surface area contributed by atoms with Crippen LogP contribution in [0, 0.1) is 0 Å². The molecule has 1 aliphatic heterocycles. The average molecular weight is 251 g/mol. The number of hydrogen-bond acceptors (Lipinski definition) is 5. The van der Waals surface area contributed by atoms with Crippen LogP contribution in [0.15, 0.2) is 4.52 Å². The average Bonchev–Trinajstić information content (AvgIpc) is 2.76. The fraction of sp³-hybridized carbons (Fsp3) is 0.769. The first-order valence-corrected chi connectivity index (χ1v) is 6.74. The summed E-state index contributed by atoms with van der Waals surface area (Å²) in [5, 5.41) is 3.97. The Hall–Kier alpha value is -1.23. The van der Waals surface area contributed by atoms with Crippen LogP contribution in [0.1, 0.15) is 44.8 Å². The Morgan fingerprint density at radius 1 is 1.50 bits per heavy atom. The lowest BCUT2D eigenvalue weighted by Crippen LogP contribution is -2.40. The highest BCUT2D eigenvalue weighted by atomic mass is 16.5. The lowest BCUT2D eigenvalue weighted by atomic mass is 9.99. The van der Waals surface area contributed by atoms with Gasteiger partial charge in [-0.05, 0) is 32.9 Å². The van der Waals surface area contributed by atoms with E-state index in [2.05, 4.69) is 22.0 Å². The maximum atomic E-state index is 11.0. The molecule has 5 nitrogen and oxygen atoms in total. The first-order chi connectivity index (χ1) is 8.69. The van der Waals surface area contributed by atoms with E-state index in [1.165, 1.54) is 32.7 Å². The van der Waals surface area contributed by atoms with Crippen molar-refractivity contribution in [3.63, 3.8) is 0 Å². The minimum Gasteiger partial charge on any atom is -0.339 e. The second-order valence-electron chi connectivity index (χ2n) is 4.97. The molecule has 0 aromatic carbocycles. The molecule has 0 radical (unpaired) electrons. The van der Waals surface area contributed by atoms with Gasteiger partial charge < -0.3 is 9.42 Å². The lowest BCUT2D eigenvalue weighted by Gasteiger charge is -2.34. The number of aromatic nitrogens is 2. The Morgan fingerprint density at radius 3 is 3.06 bits per heavy atom. The van der Waals surface area contributed by atoms with E-state index >= 15 is 0 Å². The zero-order valence-corrected chi connectivity index (χ0v) is 11.2. The second-order valence-corrected chi connectivity index (χ2v) is 4.97. The molecule has 0 spiro atoms. The number of hydrogen-bond donors (Lipinski definition) is 0. The molecule has 0 N–H and O–H groups in total. The SMILES string of the molecule is CCN1CCCCC1Cc1noc(CC(C)=O)n1. The Balaban J connectivity index is 1.95. The molecule has 1 unspecified atom stereocenters. The molecule has 2 rings (SSSR count). The number of ketones is 1. The van der Waals surface area contributed by atoms with Crippen LogP contribution in [-0.2, 0) is 17.6 Å². The van der Waals surface area contributed by atoms with Crippen LogP contribution in [0.25, 0.3) is 0 Å². The summed E-state index contributed by atoms with van der Waals surface area (Å²) in [6.45, 7) is 5.96. The fourth-order valence-corrected chi connectivity index (χ4v) is 2.58. The van der Waals surface area contributed by atoms with Gasteiger partial charge in [-0.2, -0.15) is 4.98 Å². The quantitative estimate of drug-likeness (QED) is 0.796. The number of piperidine rings is 1. The van der Waals surface area contributed by atoms with E-state index in [1.807, 2.05) is 0 Å². The smallest absolute Gasteiger partial charge is 0.234 e. The van der Waals surface area contributed by atoms with Crippen LogP contribution in [-0.4, -0.2) is 40.0 Å². The Kier molecular flexibility index (Phi) is 4.47. The van der Waals surface area contributed by atoms with E-state index in [-0.39, 0.29) is 12.2 Å². The van der Waals surface area contributed by atoms with Crippen LogP contribution in [0.5, 0.6) is 0 Å². The number of carbonyl (C=O) groups excluding carboxylic acids is 1. The maximum absolute atomic E-state index is 11.0. The van der Waals surface area contributed by atoms with Gasteiger partial charge in [0.15, 0.2) is 5.82 Å². The van der Waals surface area contributed by atoms with Crippen molar-refractivity contribution in [2.75, 3.05) is 13.1 Å². The van der Waals surface area contributed by atoms with E-state index in [0.29, 0.717) is 11.9 Å². The molecular weight excluding hydrogens is 230 g/mol. The Morgan fingerprint density at radius 2 is 2.33 bits per heavy atom. The van der Waals surface area contributed by atoms with Gasteiger partial charge in [-0.3, -0.25) is 4.79 Å². The summed E-state index contributed by atoms with van der Waals surface area (Å²) in [7, 11) is 0. The molecule has 1 aromatic heterocycles. The molecule has 2 heterocycles. The van der Waals surface area contributed by atoms with E-state index in [4.69, 9.17) is 4.52 Å². The van der Waals surface area contributed by atoms with Gasteiger partial charge in [0.25, 0.3) is 0 Å². The van der Waals surface area contributed by atoms with Gasteiger partial charge in [-0.25, -0.2) is 0 Å². The Labute approximate surface area is 108 Å². The molecule has 1 atom stereocenters. The van der Waals surface area contributed by atoms with Crippen molar-refractivity contribution in [3.05, 3.63) is 11.7 Å². The van der Waals surface area contributed by atoms with Crippen molar-refractivity contribution in [3.8, 4) is 0 Å². The van der Waals surface area contributed by atoms with Crippen LogP contribution < -0.4 is 0 Å². The first-order valence-electron chi connectivity index (χ1n) is 6.74. The van der Waals surface area contributed by atoms with Gasteiger partial charge >= 0.3 is 0 Å². The molecule has 5 heteroatoms. The molecule has 0 amide bonds. The van der Waals surface area contributed by atoms with Crippen molar-refractivity contribution in [2.24, 2.45) is 0 Å². The van der Waals surface area contributed by atoms with Gasteiger partial charge in [0.05, 0.1) is 6.42 Å². The van der Waals surface area contributed by atoms with Crippen LogP contribution in [0.2, 0.25) is 0 Å². The van der Waals surface area contributed by atoms with Crippen molar-refractivity contribution in [1.29, 1.82) is 0 Å². The summed E-state index contributed by atoms with van der Waals surface area (Å²) in [5.41, 5.74) is 0. The third kappa shape index (κ3) is 3.38.